The molecule has 0 radical (unpaired) electrons. The van der Waals surface area contributed by atoms with Gasteiger partial charge in [0.15, 0.2) is 23.0 Å². The van der Waals surface area contributed by atoms with Gasteiger partial charge in [-0.1, -0.05) is 29.8 Å². The molecule has 7 nitrogen and oxygen atoms in total. The molecule has 1 amide bonds. The van der Waals surface area contributed by atoms with E-state index in [4.69, 9.17) is 30.5 Å². The van der Waals surface area contributed by atoms with Crippen LogP contribution in [0.5, 0.6) is 23.0 Å². The standard InChI is InChI=1S/C25H23ClN2O5/c1-3-31-22-12-16(11-18(26)23(22)30-2)24-27-19-7-5-4-6-17(19)25(29)28(24)13-15-8-9-20-21(10-15)33-14-32-20/h4-12,24,27H,3,13-14H2,1-2H3. The first kappa shape index (κ1) is 21.3. The molecule has 1 N–H and O–H groups in total. The van der Waals surface area contributed by atoms with Crippen LogP contribution in [0, 0.1) is 0 Å². The topological polar surface area (TPSA) is 69.3 Å². The van der Waals surface area contributed by atoms with E-state index in [1.54, 1.807) is 18.1 Å². The second kappa shape index (κ2) is 8.75. The summed E-state index contributed by atoms with van der Waals surface area (Å²) in [6, 6.07) is 16.8. The molecule has 0 fully saturated rings. The predicted octanol–water partition coefficient (Wildman–Crippen LogP) is 5.24. The monoisotopic (exact) mass is 466 g/mol. The van der Waals surface area contributed by atoms with E-state index >= 15 is 0 Å². The van der Waals surface area contributed by atoms with E-state index in [1.807, 2.05) is 55.5 Å². The number of nitrogens with zero attached hydrogens (tertiary/aromatic N) is 1. The fourth-order valence-corrected chi connectivity index (χ4v) is 4.46. The highest BCUT2D eigenvalue weighted by Crippen LogP contribution is 2.42. The molecule has 3 aromatic carbocycles. The molecule has 1 unspecified atom stereocenters. The van der Waals surface area contributed by atoms with Gasteiger partial charge in [0.1, 0.15) is 6.17 Å². The summed E-state index contributed by atoms with van der Waals surface area (Å²) in [6.45, 7) is 2.90. The van der Waals surface area contributed by atoms with E-state index in [9.17, 15) is 4.79 Å². The number of anilines is 1. The molecule has 5 rings (SSSR count). The fraction of sp³-hybridized carbons (Fsp3) is 0.240. The molecule has 0 bridgehead atoms. The van der Waals surface area contributed by atoms with Gasteiger partial charge in [-0.05, 0) is 48.9 Å². The molecule has 0 saturated carbocycles. The van der Waals surface area contributed by atoms with Gasteiger partial charge in [0.05, 0.1) is 24.3 Å². The van der Waals surface area contributed by atoms with Crippen LogP contribution in [0.3, 0.4) is 0 Å². The van der Waals surface area contributed by atoms with Crippen molar-refractivity contribution in [2.45, 2.75) is 19.6 Å². The third-order valence-electron chi connectivity index (χ3n) is 5.66. The minimum Gasteiger partial charge on any atom is -0.491 e. The summed E-state index contributed by atoms with van der Waals surface area (Å²) in [4.78, 5) is 15.4. The Morgan fingerprint density at radius 2 is 1.94 bits per heavy atom. The molecule has 2 aliphatic rings. The summed E-state index contributed by atoms with van der Waals surface area (Å²) in [7, 11) is 1.55. The quantitative estimate of drug-likeness (QED) is 0.535. The van der Waals surface area contributed by atoms with Gasteiger partial charge < -0.3 is 29.2 Å². The lowest BCUT2D eigenvalue weighted by Gasteiger charge is -2.38. The molecule has 1 atom stereocenters. The van der Waals surface area contributed by atoms with Gasteiger partial charge in [0.2, 0.25) is 6.79 Å². The molecule has 3 aromatic rings. The van der Waals surface area contributed by atoms with Crippen LogP contribution >= 0.6 is 11.6 Å². The van der Waals surface area contributed by atoms with Crippen LogP contribution < -0.4 is 24.3 Å². The van der Waals surface area contributed by atoms with Crippen molar-refractivity contribution in [1.29, 1.82) is 0 Å². The number of carbonyl (C=O) groups is 1. The van der Waals surface area contributed by atoms with Gasteiger partial charge in [-0.25, -0.2) is 0 Å². The van der Waals surface area contributed by atoms with Gasteiger partial charge in [-0.3, -0.25) is 4.79 Å². The van der Waals surface area contributed by atoms with Crippen molar-refractivity contribution < 1.29 is 23.7 Å². The molecular weight excluding hydrogens is 444 g/mol. The highest BCUT2D eigenvalue weighted by Gasteiger charge is 2.34. The van der Waals surface area contributed by atoms with Crippen LogP contribution in [0.2, 0.25) is 5.02 Å². The molecule has 2 aliphatic heterocycles. The minimum atomic E-state index is -0.472. The number of ether oxygens (including phenoxy) is 4. The number of para-hydroxylation sites is 1. The largest absolute Gasteiger partial charge is 0.491 e. The molecule has 33 heavy (non-hydrogen) atoms. The van der Waals surface area contributed by atoms with Gasteiger partial charge in [-0.2, -0.15) is 0 Å². The Labute approximate surface area is 196 Å². The molecule has 0 aromatic heterocycles. The summed E-state index contributed by atoms with van der Waals surface area (Å²) in [6.07, 6.45) is -0.472. The number of methoxy groups -OCH3 is 1. The number of carbonyl (C=O) groups excluding carboxylic acids is 1. The Hall–Kier alpha value is -3.58. The smallest absolute Gasteiger partial charge is 0.258 e. The highest BCUT2D eigenvalue weighted by molar-refractivity contribution is 6.32. The summed E-state index contributed by atoms with van der Waals surface area (Å²) < 4.78 is 22.1. The first-order chi connectivity index (χ1) is 16.1. The van der Waals surface area contributed by atoms with Crippen LogP contribution in [-0.2, 0) is 6.54 Å². The summed E-state index contributed by atoms with van der Waals surface area (Å²) in [5.74, 6) is 2.28. The number of hydrogen-bond acceptors (Lipinski definition) is 6. The lowest BCUT2D eigenvalue weighted by atomic mass is 10.0. The lowest BCUT2D eigenvalue weighted by molar-refractivity contribution is 0.0666. The number of fused-ring (bicyclic) bond motifs is 2. The second-order valence-electron chi connectivity index (χ2n) is 7.68. The van der Waals surface area contributed by atoms with Crippen molar-refractivity contribution in [3.8, 4) is 23.0 Å². The fourth-order valence-electron chi connectivity index (χ4n) is 4.16. The molecule has 0 saturated heterocycles. The van der Waals surface area contributed by atoms with Crippen LogP contribution in [0.4, 0.5) is 5.69 Å². The summed E-state index contributed by atoms with van der Waals surface area (Å²) >= 11 is 6.53. The number of halogens is 1. The SMILES string of the molecule is CCOc1cc(C2Nc3ccccc3C(=O)N2Cc2ccc3c(c2)OCO3)cc(Cl)c1OC. The maximum absolute atomic E-state index is 13.6. The van der Waals surface area contributed by atoms with Crippen molar-refractivity contribution in [3.63, 3.8) is 0 Å². The second-order valence-corrected chi connectivity index (χ2v) is 8.09. The molecular formula is C25H23ClN2O5. The van der Waals surface area contributed by atoms with E-state index in [0.717, 1.165) is 16.8 Å². The molecule has 2 heterocycles. The van der Waals surface area contributed by atoms with Gasteiger partial charge in [0, 0.05) is 17.8 Å². The van der Waals surface area contributed by atoms with Crippen molar-refractivity contribution in [2.24, 2.45) is 0 Å². The first-order valence-corrected chi connectivity index (χ1v) is 11.0. The highest BCUT2D eigenvalue weighted by atomic mass is 35.5. The first-order valence-electron chi connectivity index (χ1n) is 10.6. The van der Waals surface area contributed by atoms with Crippen molar-refractivity contribution in [2.75, 3.05) is 25.8 Å². The van der Waals surface area contributed by atoms with Crippen LogP contribution in [-0.4, -0.2) is 31.3 Å². The van der Waals surface area contributed by atoms with Crippen LogP contribution in [0.15, 0.2) is 54.6 Å². The normalized spacial score (nSPS) is 16.3. The molecule has 8 heteroatoms. The number of rotatable bonds is 6. The maximum Gasteiger partial charge on any atom is 0.258 e. The van der Waals surface area contributed by atoms with Crippen LogP contribution in [0.1, 0.15) is 34.6 Å². The Bertz CT molecular complexity index is 1220. The number of amides is 1. The van der Waals surface area contributed by atoms with E-state index in [2.05, 4.69) is 5.32 Å². The van der Waals surface area contributed by atoms with Crippen molar-refractivity contribution in [3.05, 3.63) is 76.3 Å². The van der Waals surface area contributed by atoms with Crippen LogP contribution in [0.25, 0.3) is 0 Å². The Morgan fingerprint density at radius 3 is 2.76 bits per heavy atom. The summed E-state index contributed by atoms with van der Waals surface area (Å²) in [5.41, 5.74) is 3.08. The Kier molecular flexibility index (Phi) is 5.64. The van der Waals surface area contributed by atoms with Gasteiger partial charge >= 0.3 is 0 Å². The zero-order chi connectivity index (χ0) is 22.9. The Morgan fingerprint density at radius 1 is 1.12 bits per heavy atom. The van der Waals surface area contributed by atoms with Gasteiger partial charge in [-0.15, -0.1) is 0 Å². The van der Waals surface area contributed by atoms with Crippen molar-refractivity contribution >= 4 is 23.2 Å². The van der Waals surface area contributed by atoms with E-state index in [0.29, 0.717) is 46.7 Å². The van der Waals surface area contributed by atoms with E-state index in [1.165, 1.54) is 0 Å². The predicted molar refractivity (Wildman–Crippen MR) is 124 cm³/mol. The van der Waals surface area contributed by atoms with E-state index in [-0.39, 0.29) is 12.7 Å². The lowest BCUT2D eigenvalue weighted by Crippen LogP contribution is -2.42. The third kappa shape index (κ3) is 3.89. The van der Waals surface area contributed by atoms with Crippen molar-refractivity contribution in [1.82, 2.24) is 4.90 Å². The number of nitrogens with one attached hydrogen (secondary N) is 1. The molecule has 0 spiro atoms. The van der Waals surface area contributed by atoms with E-state index < -0.39 is 6.17 Å². The Balaban J connectivity index is 1.57. The summed E-state index contributed by atoms with van der Waals surface area (Å²) in [5, 5.41) is 3.91. The number of benzene rings is 3. The molecule has 170 valence electrons. The maximum atomic E-state index is 13.6. The molecule has 0 aliphatic carbocycles. The number of hydrogen-bond donors (Lipinski definition) is 1. The zero-order valence-corrected chi connectivity index (χ0v) is 19.0. The minimum absolute atomic E-state index is 0.0862. The third-order valence-corrected chi connectivity index (χ3v) is 5.94. The average Bonchev–Trinajstić information content (AvgIpc) is 3.29. The zero-order valence-electron chi connectivity index (χ0n) is 18.3. The average molecular weight is 467 g/mol. The van der Waals surface area contributed by atoms with Gasteiger partial charge in [0.25, 0.3) is 5.91 Å².